The van der Waals surface area contributed by atoms with Crippen LogP contribution in [-0.2, 0) is 0 Å². The maximum atomic E-state index is 10.4. The van der Waals surface area contributed by atoms with Crippen molar-refractivity contribution in [3.63, 3.8) is 0 Å². The van der Waals surface area contributed by atoms with Crippen molar-refractivity contribution in [1.29, 1.82) is 0 Å². The number of fused-ring (bicyclic) bond motifs is 1. The third-order valence-corrected chi connectivity index (χ3v) is 4.87. The van der Waals surface area contributed by atoms with Gasteiger partial charge in [0.2, 0.25) is 0 Å². The summed E-state index contributed by atoms with van der Waals surface area (Å²) in [4.78, 5) is 0. The number of phenols is 1. The fraction of sp³-hybridized carbons (Fsp3) is 0.545. The van der Waals surface area contributed by atoms with E-state index in [0.717, 1.165) is 23.6 Å². The molecule has 2 heteroatoms. The summed E-state index contributed by atoms with van der Waals surface area (Å²) in [6.07, 6.45) is 11.6. The molecule has 132 valence electrons. The van der Waals surface area contributed by atoms with Gasteiger partial charge in [0.05, 0.1) is 6.10 Å². The van der Waals surface area contributed by atoms with Crippen molar-refractivity contribution < 1.29 is 10.2 Å². The van der Waals surface area contributed by atoms with Crippen molar-refractivity contribution in [2.24, 2.45) is 0 Å². The lowest BCUT2D eigenvalue weighted by Crippen LogP contribution is -1.98. The summed E-state index contributed by atoms with van der Waals surface area (Å²) in [5.41, 5.74) is 0.660. The molecule has 2 aromatic rings. The molecule has 0 spiro atoms. The Labute approximate surface area is 146 Å². The van der Waals surface area contributed by atoms with Gasteiger partial charge in [0, 0.05) is 10.9 Å². The minimum atomic E-state index is -0.570. The predicted molar refractivity (Wildman–Crippen MR) is 102 cm³/mol. The summed E-state index contributed by atoms with van der Waals surface area (Å²) < 4.78 is 0. The van der Waals surface area contributed by atoms with Crippen LogP contribution in [0.3, 0.4) is 0 Å². The first-order valence-electron chi connectivity index (χ1n) is 9.62. The van der Waals surface area contributed by atoms with Crippen LogP contribution >= 0.6 is 0 Å². The van der Waals surface area contributed by atoms with E-state index in [1.807, 2.05) is 36.4 Å². The van der Waals surface area contributed by atoms with E-state index >= 15 is 0 Å². The van der Waals surface area contributed by atoms with E-state index in [1.54, 1.807) is 0 Å². The molecule has 0 heterocycles. The smallest absolute Gasteiger partial charge is 0.129 e. The van der Waals surface area contributed by atoms with E-state index in [4.69, 9.17) is 0 Å². The van der Waals surface area contributed by atoms with Gasteiger partial charge in [-0.2, -0.15) is 0 Å². The quantitative estimate of drug-likeness (QED) is 0.462. The summed E-state index contributed by atoms with van der Waals surface area (Å²) in [5.74, 6) is 0.233. The lowest BCUT2D eigenvalue weighted by molar-refractivity contribution is 0.160. The molecule has 2 nitrogen and oxygen atoms in total. The molecule has 0 aromatic heterocycles. The number of aliphatic hydroxyl groups excluding tert-OH is 1. The van der Waals surface area contributed by atoms with Gasteiger partial charge in [-0.1, -0.05) is 101 Å². The molecule has 2 N–H and O–H groups in total. The standard InChI is InChI=1S/C22H32O2/c1-2-3-4-5-6-7-8-9-10-15-21(23)20-17-16-18-13-11-12-14-19(18)22(20)24/h11-14,16-17,21,23-24H,2-10,15H2,1H3. The van der Waals surface area contributed by atoms with Crippen molar-refractivity contribution in [2.45, 2.75) is 77.2 Å². The van der Waals surface area contributed by atoms with Crippen molar-refractivity contribution >= 4 is 10.8 Å². The zero-order valence-electron chi connectivity index (χ0n) is 15.0. The maximum absolute atomic E-state index is 10.4. The molecule has 24 heavy (non-hydrogen) atoms. The van der Waals surface area contributed by atoms with Crippen LogP contribution in [0.2, 0.25) is 0 Å². The largest absolute Gasteiger partial charge is 0.507 e. The summed E-state index contributed by atoms with van der Waals surface area (Å²) in [5, 5.41) is 22.6. The topological polar surface area (TPSA) is 40.5 Å². The van der Waals surface area contributed by atoms with Gasteiger partial charge in [-0.25, -0.2) is 0 Å². The van der Waals surface area contributed by atoms with Crippen molar-refractivity contribution in [3.05, 3.63) is 42.0 Å². The number of phenolic OH excluding ortho intramolecular Hbond substituents is 1. The van der Waals surface area contributed by atoms with Crippen LogP contribution < -0.4 is 0 Å². The normalized spacial score (nSPS) is 12.6. The van der Waals surface area contributed by atoms with Crippen LogP contribution in [-0.4, -0.2) is 10.2 Å². The lowest BCUT2D eigenvalue weighted by Gasteiger charge is -2.14. The third kappa shape index (κ3) is 5.52. The van der Waals surface area contributed by atoms with Crippen LogP contribution in [0.1, 0.15) is 82.8 Å². The first-order chi connectivity index (χ1) is 11.7. The van der Waals surface area contributed by atoms with E-state index in [9.17, 15) is 10.2 Å². The molecule has 2 rings (SSSR count). The van der Waals surface area contributed by atoms with Crippen molar-refractivity contribution in [3.8, 4) is 5.75 Å². The summed E-state index contributed by atoms with van der Waals surface area (Å²) in [6, 6.07) is 11.6. The highest BCUT2D eigenvalue weighted by Crippen LogP contribution is 2.34. The van der Waals surface area contributed by atoms with E-state index in [0.29, 0.717) is 5.56 Å². The fourth-order valence-electron chi connectivity index (χ4n) is 3.34. The average Bonchev–Trinajstić information content (AvgIpc) is 2.60. The summed E-state index contributed by atoms with van der Waals surface area (Å²) in [7, 11) is 0. The molecular weight excluding hydrogens is 296 g/mol. The van der Waals surface area contributed by atoms with Crippen LogP contribution in [0, 0.1) is 0 Å². The second kappa shape index (κ2) is 10.4. The van der Waals surface area contributed by atoms with E-state index < -0.39 is 6.10 Å². The minimum Gasteiger partial charge on any atom is -0.507 e. The molecule has 0 fully saturated rings. The van der Waals surface area contributed by atoms with Gasteiger partial charge < -0.3 is 10.2 Å². The minimum absolute atomic E-state index is 0.233. The van der Waals surface area contributed by atoms with E-state index in [2.05, 4.69) is 6.92 Å². The Morgan fingerprint density at radius 3 is 2.12 bits per heavy atom. The second-order valence-corrected chi connectivity index (χ2v) is 6.86. The van der Waals surface area contributed by atoms with Crippen LogP contribution in [0.25, 0.3) is 10.8 Å². The molecule has 0 radical (unpaired) electrons. The van der Waals surface area contributed by atoms with E-state index in [-0.39, 0.29) is 5.75 Å². The van der Waals surface area contributed by atoms with Gasteiger partial charge in [-0.3, -0.25) is 0 Å². The number of unbranched alkanes of at least 4 members (excludes halogenated alkanes) is 8. The SMILES string of the molecule is CCCCCCCCCCCC(O)c1ccc2ccccc2c1O. The van der Waals surface area contributed by atoms with Crippen LogP contribution in [0.5, 0.6) is 5.75 Å². The number of rotatable bonds is 11. The molecule has 0 aliphatic rings. The first-order valence-corrected chi connectivity index (χ1v) is 9.62. The Bertz CT molecular complexity index is 606. The highest BCUT2D eigenvalue weighted by atomic mass is 16.3. The van der Waals surface area contributed by atoms with Gasteiger partial charge in [0.25, 0.3) is 0 Å². The molecule has 0 aliphatic heterocycles. The molecule has 1 unspecified atom stereocenters. The number of aliphatic hydroxyl groups is 1. The molecule has 2 aromatic carbocycles. The number of hydrogen-bond acceptors (Lipinski definition) is 2. The molecule has 0 amide bonds. The van der Waals surface area contributed by atoms with Crippen molar-refractivity contribution in [2.75, 3.05) is 0 Å². The summed E-state index contributed by atoms with van der Waals surface area (Å²) in [6.45, 7) is 2.25. The van der Waals surface area contributed by atoms with Crippen LogP contribution in [0.15, 0.2) is 36.4 Å². The Hall–Kier alpha value is -1.54. The molecule has 0 bridgehead atoms. The lowest BCUT2D eigenvalue weighted by atomic mass is 9.98. The Morgan fingerprint density at radius 2 is 1.42 bits per heavy atom. The summed E-state index contributed by atoms with van der Waals surface area (Å²) >= 11 is 0. The predicted octanol–water partition coefficient (Wildman–Crippen LogP) is 6.50. The highest BCUT2D eigenvalue weighted by molar-refractivity contribution is 5.89. The first kappa shape index (κ1) is 18.8. The number of hydrogen-bond donors (Lipinski definition) is 2. The molecule has 1 atom stereocenters. The Balaban J connectivity index is 1.71. The van der Waals surface area contributed by atoms with E-state index in [1.165, 1.54) is 51.4 Å². The molecule has 0 saturated heterocycles. The van der Waals surface area contributed by atoms with Gasteiger partial charge in [0.15, 0.2) is 0 Å². The monoisotopic (exact) mass is 328 g/mol. The molecule has 0 saturated carbocycles. The zero-order chi connectivity index (χ0) is 17.2. The highest BCUT2D eigenvalue weighted by Gasteiger charge is 2.14. The molecule has 0 aliphatic carbocycles. The van der Waals surface area contributed by atoms with Crippen LogP contribution in [0.4, 0.5) is 0 Å². The fourth-order valence-corrected chi connectivity index (χ4v) is 3.34. The van der Waals surface area contributed by atoms with Crippen molar-refractivity contribution in [1.82, 2.24) is 0 Å². The Kier molecular flexibility index (Phi) is 8.11. The number of benzene rings is 2. The average molecular weight is 328 g/mol. The maximum Gasteiger partial charge on any atom is 0.129 e. The van der Waals surface area contributed by atoms with Gasteiger partial charge in [0.1, 0.15) is 5.75 Å². The third-order valence-electron chi connectivity index (χ3n) is 4.87. The van der Waals surface area contributed by atoms with Gasteiger partial charge in [-0.15, -0.1) is 0 Å². The number of aromatic hydroxyl groups is 1. The van der Waals surface area contributed by atoms with Gasteiger partial charge in [-0.05, 0) is 11.8 Å². The second-order valence-electron chi connectivity index (χ2n) is 6.86. The van der Waals surface area contributed by atoms with Gasteiger partial charge >= 0.3 is 0 Å². The Morgan fingerprint density at radius 1 is 0.792 bits per heavy atom. The zero-order valence-corrected chi connectivity index (χ0v) is 15.0. The molecular formula is C22H32O2.